The van der Waals surface area contributed by atoms with Crippen LogP contribution in [0.25, 0.3) is 6.08 Å². The van der Waals surface area contributed by atoms with Crippen molar-refractivity contribution in [3.8, 4) is 12.3 Å². The SMILES string of the molecule is C#CC/C=C/c1ccc(CCCCCCCCCC)cc1.C=C(C)CCCc1ccc(CCCCCCCCCC)cc1. The predicted molar refractivity (Wildman–Crippen MR) is 196 cm³/mol. The molecule has 0 heterocycles. The molecular weight excluding hydrogens is 516 g/mol. The van der Waals surface area contributed by atoms with Gasteiger partial charge in [0.25, 0.3) is 0 Å². The van der Waals surface area contributed by atoms with E-state index in [-0.39, 0.29) is 0 Å². The molecule has 0 heteroatoms. The second-order valence-corrected chi connectivity index (χ2v) is 12.6. The molecule has 0 bridgehead atoms. The summed E-state index contributed by atoms with van der Waals surface area (Å²) >= 11 is 0. The Morgan fingerprint density at radius 2 is 0.953 bits per heavy atom. The average Bonchev–Trinajstić information content (AvgIpc) is 3.01. The van der Waals surface area contributed by atoms with E-state index in [9.17, 15) is 0 Å². The van der Waals surface area contributed by atoms with E-state index in [1.165, 1.54) is 156 Å². The average molecular weight is 583 g/mol. The van der Waals surface area contributed by atoms with Gasteiger partial charge in [-0.15, -0.1) is 18.9 Å². The van der Waals surface area contributed by atoms with Crippen LogP contribution in [0.5, 0.6) is 0 Å². The van der Waals surface area contributed by atoms with E-state index in [1.807, 2.05) is 6.08 Å². The van der Waals surface area contributed by atoms with Crippen molar-refractivity contribution in [2.45, 2.75) is 162 Å². The van der Waals surface area contributed by atoms with Crippen molar-refractivity contribution in [3.63, 3.8) is 0 Å². The predicted octanol–water partition coefficient (Wildman–Crippen LogP) is 13.7. The molecule has 43 heavy (non-hydrogen) atoms. The van der Waals surface area contributed by atoms with E-state index in [1.54, 1.807) is 0 Å². The summed E-state index contributed by atoms with van der Waals surface area (Å²) in [5, 5.41) is 0. The third-order valence-electron chi connectivity index (χ3n) is 8.26. The summed E-state index contributed by atoms with van der Waals surface area (Å²) < 4.78 is 0. The second-order valence-electron chi connectivity index (χ2n) is 12.6. The number of allylic oxidation sites excluding steroid dienone is 2. The molecule has 0 saturated carbocycles. The molecule has 0 unspecified atom stereocenters. The molecule has 0 N–H and O–H groups in total. The Hall–Kier alpha value is -2.52. The zero-order valence-electron chi connectivity index (χ0n) is 28.6. The number of aryl methyl sites for hydroxylation is 3. The van der Waals surface area contributed by atoms with E-state index in [0.29, 0.717) is 6.42 Å². The van der Waals surface area contributed by atoms with Gasteiger partial charge in [-0.3, -0.25) is 0 Å². The number of benzene rings is 2. The first kappa shape index (κ1) is 38.5. The third kappa shape index (κ3) is 23.6. The van der Waals surface area contributed by atoms with Gasteiger partial charge in [0, 0.05) is 6.42 Å². The minimum absolute atomic E-state index is 0.708. The Balaban J connectivity index is 0.000000430. The Bertz CT molecular complexity index is 966. The molecule has 0 atom stereocenters. The lowest BCUT2D eigenvalue weighted by atomic mass is 10.0. The first-order valence-electron chi connectivity index (χ1n) is 18.0. The number of terminal acetylenes is 1. The Morgan fingerprint density at radius 1 is 0.581 bits per heavy atom. The lowest BCUT2D eigenvalue weighted by Crippen LogP contribution is -1.90. The van der Waals surface area contributed by atoms with Crippen molar-refractivity contribution >= 4 is 6.08 Å². The van der Waals surface area contributed by atoms with Crippen LogP contribution in [-0.2, 0) is 19.3 Å². The number of unbranched alkanes of at least 4 members (excludes halogenated alkanes) is 14. The van der Waals surface area contributed by atoms with Gasteiger partial charge in [0.2, 0.25) is 0 Å². The van der Waals surface area contributed by atoms with Crippen molar-refractivity contribution in [3.05, 3.63) is 89.0 Å². The summed E-state index contributed by atoms with van der Waals surface area (Å²) in [6.45, 7) is 10.6. The molecule has 0 amide bonds. The van der Waals surface area contributed by atoms with Crippen LogP contribution in [0.1, 0.15) is 165 Å². The minimum atomic E-state index is 0.708. The smallest absolute Gasteiger partial charge is 0.0270 e. The molecule has 0 fully saturated rings. The van der Waals surface area contributed by atoms with Crippen molar-refractivity contribution in [2.24, 2.45) is 0 Å². The van der Waals surface area contributed by atoms with Crippen LogP contribution in [0.4, 0.5) is 0 Å². The van der Waals surface area contributed by atoms with Crippen molar-refractivity contribution < 1.29 is 0 Å². The highest BCUT2D eigenvalue weighted by Gasteiger charge is 1.98. The topological polar surface area (TPSA) is 0 Å². The van der Waals surface area contributed by atoms with Gasteiger partial charge in [-0.25, -0.2) is 0 Å². The van der Waals surface area contributed by atoms with Crippen LogP contribution in [0, 0.1) is 12.3 Å². The van der Waals surface area contributed by atoms with Gasteiger partial charge in [-0.2, -0.15) is 0 Å². The van der Waals surface area contributed by atoms with Crippen LogP contribution >= 0.6 is 0 Å². The largest absolute Gasteiger partial charge is 0.120 e. The normalized spacial score (nSPS) is 10.8. The van der Waals surface area contributed by atoms with Crippen LogP contribution in [0.15, 0.2) is 66.8 Å². The Kier molecular flexibility index (Phi) is 25.3. The number of hydrogen-bond acceptors (Lipinski definition) is 0. The van der Waals surface area contributed by atoms with Crippen LogP contribution < -0.4 is 0 Å². The van der Waals surface area contributed by atoms with E-state index < -0.39 is 0 Å². The van der Waals surface area contributed by atoms with Gasteiger partial charge < -0.3 is 0 Å². The molecule has 0 aromatic heterocycles. The quantitative estimate of drug-likeness (QED) is 0.0656. The van der Waals surface area contributed by atoms with Gasteiger partial charge in [-0.1, -0.05) is 170 Å². The Morgan fingerprint density at radius 3 is 1.35 bits per heavy atom. The lowest BCUT2D eigenvalue weighted by Gasteiger charge is -2.05. The monoisotopic (exact) mass is 583 g/mol. The van der Waals surface area contributed by atoms with Gasteiger partial charge in [0.05, 0.1) is 0 Å². The zero-order chi connectivity index (χ0) is 31.2. The number of hydrogen-bond donors (Lipinski definition) is 0. The molecule has 0 radical (unpaired) electrons. The van der Waals surface area contributed by atoms with E-state index in [0.717, 1.165) is 6.42 Å². The maximum atomic E-state index is 5.23. The van der Waals surface area contributed by atoms with Gasteiger partial charge >= 0.3 is 0 Å². The molecule has 2 rings (SSSR count). The molecule has 0 spiro atoms. The first-order valence-corrected chi connectivity index (χ1v) is 18.0. The number of rotatable bonds is 24. The summed E-state index contributed by atoms with van der Waals surface area (Å²) in [7, 11) is 0. The summed E-state index contributed by atoms with van der Waals surface area (Å²) in [6.07, 6.45) is 38.4. The molecule has 0 nitrogen and oxygen atoms in total. The molecule has 0 saturated heterocycles. The molecule has 0 aliphatic heterocycles. The summed E-state index contributed by atoms with van der Waals surface area (Å²) in [5.41, 5.74) is 6.97. The third-order valence-corrected chi connectivity index (χ3v) is 8.26. The molecule has 2 aromatic carbocycles. The lowest BCUT2D eigenvalue weighted by molar-refractivity contribution is 0.575. The molecule has 0 aliphatic rings. The summed E-state index contributed by atoms with van der Waals surface area (Å²) in [6, 6.07) is 18.2. The van der Waals surface area contributed by atoms with E-state index in [2.05, 4.69) is 87.9 Å². The zero-order valence-corrected chi connectivity index (χ0v) is 28.6. The van der Waals surface area contributed by atoms with Crippen molar-refractivity contribution in [1.82, 2.24) is 0 Å². The highest BCUT2D eigenvalue weighted by Crippen LogP contribution is 2.15. The van der Waals surface area contributed by atoms with Gasteiger partial charge in [-0.05, 0) is 74.1 Å². The molecule has 0 aliphatic carbocycles. The van der Waals surface area contributed by atoms with Crippen LogP contribution in [0.2, 0.25) is 0 Å². The van der Waals surface area contributed by atoms with Crippen LogP contribution in [-0.4, -0.2) is 0 Å². The Labute approximate surface area is 268 Å². The standard InChI is InChI=1S/C22H36.C21H30/c1-4-5-6-7-8-9-10-11-14-21-16-18-22(19-17-21)15-12-13-20(2)3;1-3-5-7-8-9-10-11-13-15-21-18-16-20(17-19-21)14-12-6-4-2/h16-19H,2,4-15H2,1,3H3;2,12,14,16-19H,3,5-11,13,15H2,1H3/b;14-12+. The van der Waals surface area contributed by atoms with E-state index in [4.69, 9.17) is 6.42 Å². The van der Waals surface area contributed by atoms with Crippen LogP contribution in [0.3, 0.4) is 0 Å². The van der Waals surface area contributed by atoms with Gasteiger partial charge in [0.15, 0.2) is 0 Å². The molecule has 238 valence electrons. The highest BCUT2D eigenvalue weighted by molar-refractivity contribution is 5.50. The first-order chi connectivity index (χ1) is 21.1. The maximum absolute atomic E-state index is 5.23. The molecule has 2 aromatic rings. The fourth-order valence-electron chi connectivity index (χ4n) is 5.45. The molecular formula is C43H66. The highest BCUT2D eigenvalue weighted by atomic mass is 14.0. The van der Waals surface area contributed by atoms with E-state index >= 15 is 0 Å². The summed E-state index contributed by atoms with van der Waals surface area (Å²) in [4.78, 5) is 0. The second kappa shape index (κ2) is 28.3. The van der Waals surface area contributed by atoms with Crippen molar-refractivity contribution in [1.29, 1.82) is 0 Å². The maximum Gasteiger partial charge on any atom is 0.0270 e. The summed E-state index contributed by atoms with van der Waals surface area (Å²) in [5.74, 6) is 2.62. The van der Waals surface area contributed by atoms with Gasteiger partial charge in [0.1, 0.15) is 0 Å². The fourth-order valence-corrected chi connectivity index (χ4v) is 5.45. The fraction of sp³-hybridized carbons (Fsp3) is 0.581. The minimum Gasteiger partial charge on any atom is -0.120 e. The van der Waals surface area contributed by atoms with Crippen molar-refractivity contribution in [2.75, 3.05) is 0 Å².